The number of hydrogen-bond acceptors (Lipinski definition) is 3. The SMILES string of the molecule is CCCn1cc(Cc2ccc(C(=O)O)cc2OC)c2cc(CC3CCN(CC)C3=O)ccc21. The van der Waals surface area contributed by atoms with Crippen LogP contribution in [0.3, 0.4) is 0 Å². The van der Waals surface area contributed by atoms with Crippen LogP contribution in [0.25, 0.3) is 10.9 Å². The van der Waals surface area contributed by atoms with E-state index in [1.165, 1.54) is 22.0 Å². The molecule has 2 heterocycles. The average molecular weight is 449 g/mol. The zero-order valence-electron chi connectivity index (χ0n) is 19.6. The molecule has 1 aliphatic rings. The van der Waals surface area contributed by atoms with Crippen LogP contribution >= 0.6 is 0 Å². The summed E-state index contributed by atoms with van der Waals surface area (Å²) in [5, 5.41) is 10.5. The number of likely N-dealkylation sites (tertiary alicyclic amines) is 1. The quantitative estimate of drug-likeness (QED) is 0.512. The number of carboxylic acid groups (broad SMARTS) is 1. The number of hydrogen-bond donors (Lipinski definition) is 1. The predicted octanol–water partition coefficient (Wildman–Crippen LogP) is 4.76. The van der Waals surface area contributed by atoms with E-state index >= 15 is 0 Å². The van der Waals surface area contributed by atoms with Crippen LogP contribution < -0.4 is 4.74 Å². The van der Waals surface area contributed by atoms with E-state index < -0.39 is 5.97 Å². The largest absolute Gasteiger partial charge is 0.496 e. The number of carboxylic acids is 1. The van der Waals surface area contributed by atoms with Gasteiger partial charge in [-0.05, 0) is 67.1 Å². The Morgan fingerprint density at radius 1 is 1.15 bits per heavy atom. The van der Waals surface area contributed by atoms with Gasteiger partial charge in [0.25, 0.3) is 0 Å². The number of rotatable bonds is 9. The third kappa shape index (κ3) is 4.61. The lowest BCUT2D eigenvalue weighted by Gasteiger charge is -2.14. The van der Waals surface area contributed by atoms with Crippen molar-refractivity contribution in [2.45, 2.75) is 46.1 Å². The second kappa shape index (κ2) is 9.69. The van der Waals surface area contributed by atoms with Crippen molar-refractivity contribution in [1.29, 1.82) is 0 Å². The topological polar surface area (TPSA) is 71.8 Å². The van der Waals surface area contributed by atoms with Gasteiger partial charge in [-0.2, -0.15) is 0 Å². The second-order valence-corrected chi connectivity index (χ2v) is 8.82. The summed E-state index contributed by atoms with van der Waals surface area (Å²) in [4.78, 5) is 25.9. The van der Waals surface area contributed by atoms with Gasteiger partial charge in [-0.15, -0.1) is 0 Å². The predicted molar refractivity (Wildman–Crippen MR) is 129 cm³/mol. The van der Waals surface area contributed by atoms with Crippen molar-refractivity contribution >= 4 is 22.8 Å². The summed E-state index contributed by atoms with van der Waals surface area (Å²) in [5.74, 6) is -0.0531. The van der Waals surface area contributed by atoms with Crippen LogP contribution in [-0.4, -0.2) is 46.6 Å². The van der Waals surface area contributed by atoms with Crippen LogP contribution in [0, 0.1) is 5.92 Å². The fraction of sp³-hybridized carbons (Fsp3) is 0.407. The van der Waals surface area contributed by atoms with Crippen molar-refractivity contribution in [1.82, 2.24) is 9.47 Å². The molecule has 1 aliphatic heterocycles. The molecule has 1 atom stereocenters. The Hall–Kier alpha value is -3.28. The number of benzene rings is 2. The average Bonchev–Trinajstić information content (AvgIpc) is 3.33. The first-order chi connectivity index (χ1) is 15.9. The van der Waals surface area contributed by atoms with E-state index in [0.717, 1.165) is 44.5 Å². The van der Waals surface area contributed by atoms with Crippen LogP contribution in [0.4, 0.5) is 0 Å². The first-order valence-corrected chi connectivity index (χ1v) is 11.7. The number of amides is 1. The maximum atomic E-state index is 12.6. The monoisotopic (exact) mass is 448 g/mol. The van der Waals surface area contributed by atoms with E-state index in [1.807, 2.05) is 17.9 Å². The van der Waals surface area contributed by atoms with Crippen LogP contribution in [0.1, 0.15) is 53.7 Å². The van der Waals surface area contributed by atoms with Crippen molar-refractivity contribution in [2.75, 3.05) is 20.2 Å². The third-order valence-electron chi connectivity index (χ3n) is 6.68. The number of aryl methyl sites for hydroxylation is 1. The molecule has 1 unspecified atom stereocenters. The first kappa shape index (κ1) is 22.9. The number of aromatic carboxylic acids is 1. The molecule has 2 aromatic carbocycles. The molecular formula is C27H32N2O4. The van der Waals surface area contributed by atoms with Gasteiger partial charge in [0.2, 0.25) is 5.91 Å². The van der Waals surface area contributed by atoms with Crippen molar-refractivity contribution in [3.8, 4) is 5.75 Å². The van der Waals surface area contributed by atoms with Gasteiger partial charge in [0.15, 0.2) is 0 Å². The Balaban J connectivity index is 1.68. The highest BCUT2D eigenvalue weighted by Crippen LogP contribution is 2.31. The Bertz CT molecular complexity index is 1180. The summed E-state index contributed by atoms with van der Waals surface area (Å²) in [7, 11) is 1.57. The molecular weight excluding hydrogens is 416 g/mol. The number of carbonyl (C=O) groups excluding carboxylic acids is 1. The minimum absolute atomic E-state index is 0.0623. The zero-order valence-corrected chi connectivity index (χ0v) is 19.6. The number of fused-ring (bicyclic) bond motifs is 1. The fourth-order valence-electron chi connectivity index (χ4n) is 4.93. The van der Waals surface area contributed by atoms with Gasteiger partial charge in [-0.25, -0.2) is 4.79 Å². The molecule has 0 radical (unpaired) electrons. The summed E-state index contributed by atoms with van der Waals surface area (Å²) in [5.41, 5.74) is 4.71. The molecule has 1 fully saturated rings. The molecule has 0 spiro atoms. The van der Waals surface area contributed by atoms with Crippen molar-refractivity contribution < 1.29 is 19.4 Å². The van der Waals surface area contributed by atoms with Gasteiger partial charge in [-0.1, -0.05) is 19.1 Å². The summed E-state index contributed by atoms with van der Waals surface area (Å²) in [6.45, 7) is 6.76. The molecule has 1 saturated heterocycles. The normalized spacial score (nSPS) is 16.0. The molecule has 174 valence electrons. The second-order valence-electron chi connectivity index (χ2n) is 8.82. The summed E-state index contributed by atoms with van der Waals surface area (Å²) >= 11 is 0. The van der Waals surface area contributed by atoms with E-state index in [2.05, 4.69) is 35.9 Å². The maximum Gasteiger partial charge on any atom is 0.335 e. The van der Waals surface area contributed by atoms with Crippen LogP contribution in [-0.2, 0) is 24.2 Å². The van der Waals surface area contributed by atoms with E-state index in [4.69, 9.17) is 4.74 Å². The zero-order chi connectivity index (χ0) is 23.5. The number of carbonyl (C=O) groups is 2. The Kier molecular flexibility index (Phi) is 6.72. The number of ether oxygens (including phenoxy) is 1. The highest BCUT2D eigenvalue weighted by molar-refractivity contribution is 5.89. The minimum atomic E-state index is -0.966. The van der Waals surface area contributed by atoms with E-state index in [-0.39, 0.29) is 17.4 Å². The lowest BCUT2D eigenvalue weighted by Crippen LogP contribution is -2.27. The maximum absolute atomic E-state index is 12.6. The Labute approximate surface area is 194 Å². The fourth-order valence-corrected chi connectivity index (χ4v) is 4.93. The summed E-state index contributed by atoms with van der Waals surface area (Å²) < 4.78 is 7.79. The number of methoxy groups -OCH3 is 1. The van der Waals surface area contributed by atoms with Crippen molar-refractivity contribution in [3.05, 3.63) is 64.8 Å². The van der Waals surface area contributed by atoms with Gasteiger partial charge in [0.1, 0.15) is 5.75 Å². The standard InChI is InChI=1S/C27H32N2O4/c1-4-11-29-17-22(15-19-7-8-21(27(31)32)16-25(19)33-3)23-14-18(6-9-24(23)29)13-20-10-12-28(5-2)26(20)30/h6-9,14,16-17,20H,4-5,10-13,15H2,1-3H3,(H,31,32). The van der Waals surface area contributed by atoms with Gasteiger partial charge < -0.3 is 19.3 Å². The van der Waals surface area contributed by atoms with Gasteiger partial charge in [0, 0.05) is 49.1 Å². The first-order valence-electron chi connectivity index (χ1n) is 11.7. The molecule has 0 bridgehead atoms. The summed E-state index contributed by atoms with van der Waals surface area (Å²) in [6.07, 6.45) is 5.56. The lowest BCUT2D eigenvalue weighted by molar-refractivity contribution is -0.130. The highest BCUT2D eigenvalue weighted by Gasteiger charge is 2.30. The molecule has 33 heavy (non-hydrogen) atoms. The van der Waals surface area contributed by atoms with Crippen LogP contribution in [0.2, 0.25) is 0 Å². The Morgan fingerprint density at radius 3 is 2.64 bits per heavy atom. The molecule has 0 aliphatic carbocycles. The van der Waals surface area contributed by atoms with Gasteiger partial charge in [0.05, 0.1) is 12.7 Å². The molecule has 1 N–H and O–H groups in total. The highest BCUT2D eigenvalue weighted by atomic mass is 16.5. The molecule has 0 saturated carbocycles. The third-order valence-corrected chi connectivity index (χ3v) is 6.68. The van der Waals surface area contributed by atoms with E-state index in [0.29, 0.717) is 12.2 Å². The molecule has 6 nitrogen and oxygen atoms in total. The van der Waals surface area contributed by atoms with Gasteiger partial charge >= 0.3 is 5.97 Å². The molecule has 6 heteroatoms. The van der Waals surface area contributed by atoms with Crippen molar-refractivity contribution in [2.24, 2.45) is 5.92 Å². The summed E-state index contributed by atoms with van der Waals surface area (Å²) in [6, 6.07) is 11.6. The van der Waals surface area contributed by atoms with E-state index in [9.17, 15) is 14.7 Å². The van der Waals surface area contributed by atoms with Crippen molar-refractivity contribution in [3.63, 3.8) is 0 Å². The minimum Gasteiger partial charge on any atom is -0.496 e. The number of aromatic nitrogens is 1. The lowest BCUT2D eigenvalue weighted by atomic mass is 9.95. The smallest absolute Gasteiger partial charge is 0.335 e. The molecule has 3 aromatic rings. The van der Waals surface area contributed by atoms with Gasteiger partial charge in [-0.3, -0.25) is 4.79 Å². The van der Waals surface area contributed by atoms with Crippen LogP contribution in [0.15, 0.2) is 42.6 Å². The Morgan fingerprint density at radius 2 is 1.97 bits per heavy atom. The molecule has 1 amide bonds. The van der Waals surface area contributed by atoms with Crippen LogP contribution in [0.5, 0.6) is 5.75 Å². The molecule has 4 rings (SSSR count). The molecule has 1 aromatic heterocycles. The number of nitrogens with zero attached hydrogens (tertiary/aromatic N) is 2. The van der Waals surface area contributed by atoms with E-state index in [1.54, 1.807) is 19.2 Å².